The summed E-state index contributed by atoms with van der Waals surface area (Å²) in [7, 11) is 0. The maximum absolute atomic E-state index is 12.8. The van der Waals surface area contributed by atoms with Crippen LogP contribution in [0.2, 0.25) is 15.1 Å². The monoisotopic (exact) mass is 1200 g/mol. The van der Waals surface area contributed by atoms with Gasteiger partial charge >= 0.3 is 0 Å². The molecular weight excluding hydrogens is 1140 g/mol. The number of rotatable bonds is 10. The fraction of sp³-hybridized carbons (Fsp3) is 0.339. The van der Waals surface area contributed by atoms with E-state index in [1.54, 1.807) is 23.1 Å². The number of pyridine rings is 2. The number of fused-ring (bicyclic) bond motifs is 3. The molecule has 3 amide bonds. The summed E-state index contributed by atoms with van der Waals surface area (Å²) in [5.74, 6) is 1.59. The van der Waals surface area contributed by atoms with Gasteiger partial charge in [0.1, 0.15) is 23.9 Å². The van der Waals surface area contributed by atoms with Crippen LogP contribution in [-0.4, -0.2) is 53.8 Å². The van der Waals surface area contributed by atoms with Gasteiger partial charge in [-0.05, 0) is 119 Å². The second-order valence-electron chi connectivity index (χ2n) is 18.3. The van der Waals surface area contributed by atoms with E-state index in [9.17, 15) is 24.3 Å². The predicted molar refractivity (Wildman–Crippen MR) is 303 cm³/mol. The molecule has 3 aliphatic heterocycles. The van der Waals surface area contributed by atoms with Gasteiger partial charge in [0, 0.05) is 46.1 Å². The van der Waals surface area contributed by atoms with Crippen molar-refractivity contribution >= 4 is 86.7 Å². The molecule has 0 saturated heterocycles. The van der Waals surface area contributed by atoms with Crippen LogP contribution < -0.4 is 30.4 Å². The SMILES string of the molecule is CC(C)I.CC(C)Oc1ccc2c(c1Cl)C(=O)NC2.Cc1cc(C)c(CCl)c(OCc2ccccc2)n1.Cc1cc(C)c(CN2Cc3ccc(OC(C)C)c(Cl)c3C2=O)c(=O)[nH]1.O=C1NCc2ccc(O)c(Cl)c21. The highest BCUT2D eigenvalue weighted by Gasteiger charge is 2.32. The number of alkyl halides is 2. The molecule has 0 saturated carbocycles. The quantitative estimate of drug-likeness (QED) is 0.0769. The smallest absolute Gasteiger partial charge is 0.256 e. The fourth-order valence-electron chi connectivity index (χ4n) is 7.83. The first kappa shape index (κ1) is 59.4. The van der Waals surface area contributed by atoms with Crippen molar-refractivity contribution < 1.29 is 33.7 Å². The number of carbonyl (C=O) groups is 3. The van der Waals surface area contributed by atoms with E-state index in [-0.39, 0.29) is 52.8 Å². The van der Waals surface area contributed by atoms with Crippen LogP contribution in [0.15, 0.2) is 83.7 Å². The van der Waals surface area contributed by atoms with E-state index in [0.717, 1.165) is 54.3 Å². The zero-order valence-corrected chi connectivity index (χ0v) is 48.3. The summed E-state index contributed by atoms with van der Waals surface area (Å²) in [5, 5.41) is 15.4. The van der Waals surface area contributed by atoms with Crippen LogP contribution in [0.25, 0.3) is 0 Å². The summed E-state index contributed by atoms with van der Waals surface area (Å²) >= 11 is 26.5. The highest BCUT2D eigenvalue weighted by Crippen LogP contribution is 2.38. The average Bonchev–Trinajstić information content (AvgIpc) is 4.01. The number of carbonyl (C=O) groups excluding carboxylic acids is 3. The van der Waals surface area contributed by atoms with Gasteiger partial charge in [-0.15, -0.1) is 11.6 Å². The van der Waals surface area contributed by atoms with E-state index in [0.29, 0.717) is 81.8 Å². The number of H-pyrrole nitrogens is 1. The highest BCUT2D eigenvalue weighted by molar-refractivity contribution is 14.1. The predicted octanol–water partition coefficient (Wildman–Crippen LogP) is 13.1. The summed E-state index contributed by atoms with van der Waals surface area (Å²) in [4.78, 5) is 56.5. The summed E-state index contributed by atoms with van der Waals surface area (Å²) in [6, 6.07) is 24.5. The molecule has 0 atom stereocenters. The van der Waals surface area contributed by atoms with Crippen molar-refractivity contribution in [3.05, 3.63) is 177 Å². The van der Waals surface area contributed by atoms with Gasteiger partial charge in [-0.3, -0.25) is 19.2 Å². The van der Waals surface area contributed by atoms with Crippen molar-refractivity contribution in [2.75, 3.05) is 0 Å². The maximum atomic E-state index is 12.8. The average molecular weight is 1200 g/mol. The normalized spacial score (nSPS) is 12.7. The van der Waals surface area contributed by atoms with Crippen molar-refractivity contribution in [1.29, 1.82) is 0 Å². The lowest BCUT2D eigenvalue weighted by atomic mass is 10.1. The molecule has 4 N–H and O–H groups in total. The molecule has 0 aliphatic carbocycles. The number of phenolic OH excluding ortho intramolecular Hbond substituents is 1. The lowest BCUT2D eigenvalue weighted by Gasteiger charge is -2.17. The van der Waals surface area contributed by atoms with Crippen molar-refractivity contribution in [2.24, 2.45) is 0 Å². The van der Waals surface area contributed by atoms with Gasteiger partial charge in [-0.1, -0.05) is 120 Å². The molecule has 74 heavy (non-hydrogen) atoms. The minimum absolute atomic E-state index is 0.0306. The Bertz CT molecular complexity index is 3040. The number of ether oxygens (including phenoxy) is 3. The van der Waals surface area contributed by atoms with Crippen LogP contribution in [0.5, 0.6) is 23.1 Å². The Hall–Kier alpha value is -5.52. The molecule has 2 aromatic heterocycles. The molecule has 3 aliphatic rings. The third-order valence-corrected chi connectivity index (χ3v) is 12.5. The number of phenols is 1. The summed E-state index contributed by atoms with van der Waals surface area (Å²) in [5.41, 5.74) is 10.3. The molecular formula is C56H62Cl4IN5O8. The van der Waals surface area contributed by atoms with Crippen molar-refractivity contribution in [3.8, 4) is 23.1 Å². The zero-order valence-electron chi connectivity index (χ0n) is 43.1. The summed E-state index contributed by atoms with van der Waals surface area (Å²) in [6.07, 6.45) is 0.0157. The van der Waals surface area contributed by atoms with Crippen molar-refractivity contribution in [2.45, 2.75) is 124 Å². The Labute approximate surface area is 466 Å². The standard InChI is InChI=1S/C19H21ClN2O3.C15H16ClNO.C11H12ClNO2.C8H6ClNO2.C3H7I/c1-10(2)25-15-6-5-13-8-22(19(24)16(13)17(15)20)9-14-11(3)7-12(4)21-18(14)23;1-11-8-12(2)17-15(14(11)9-16)18-10-13-6-4-3-5-7-13;1-6(2)15-8-4-3-7-5-13-11(14)9(7)10(8)12;9-7-5(11)2-1-4-3-10-8(12)6(4)7;1-3(2)4/h5-7,10H,8-9H2,1-4H3,(H,21,23);3-8H,9-10H2,1-2H3;3-4,6H,5H2,1-2H3,(H,13,14);1-2,11H,3H2,(H,10,12);3H,1-2H3. The van der Waals surface area contributed by atoms with Crippen molar-refractivity contribution in [1.82, 2.24) is 25.5 Å². The Kier molecular flexibility index (Phi) is 21.9. The molecule has 0 spiro atoms. The number of aromatic amines is 1. The van der Waals surface area contributed by atoms with Gasteiger partial charge < -0.3 is 39.8 Å². The third kappa shape index (κ3) is 15.8. The van der Waals surface area contributed by atoms with Gasteiger partial charge in [-0.2, -0.15) is 0 Å². The first-order chi connectivity index (χ1) is 35.0. The minimum Gasteiger partial charge on any atom is -0.506 e. The van der Waals surface area contributed by atoms with E-state index < -0.39 is 0 Å². The number of nitrogens with one attached hydrogen (secondary N) is 3. The second kappa shape index (κ2) is 27.3. The maximum Gasteiger partial charge on any atom is 0.256 e. The lowest BCUT2D eigenvalue weighted by molar-refractivity contribution is 0.0765. The Morgan fingerprint density at radius 1 is 0.689 bits per heavy atom. The summed E-state index contributed by atoms with van der Waals surface area (Å²) in [6.45, 7) is 21.9. The molecule has 0 unspecified atom stereocenters. The van der Waals surface area contributed by atoms with Gasteiger partial charge in [0.05, 0.1) is 56.4 Å². The van der Waals surface area contributed by atoms with Crippen LogP contribution in [0.4, 0.5) is 0 Å². The molecule has 0 bridgehead atoms. The van der Waals surface area contributed by atoms with Gasteiger partial charge in [-0.25, -0.2) is 4.98 Å². The van der Waals surface area contributed by atoms with E-state index in [1.807, 2.05) is 110 Å². The molecule has 0 radical (unpaired) electrons. The molecule has 13 nitrogen and oxygen atoms in total. The molecule has 0 fully saturated rings. The third-order valence-electron chi connectivity index (χ3n) is 11.1. The molecule has 6 aromatic rings. The Morgan fingerprint density at radius 2 is 1.20 bits per heavy atom. The first-order valence-electron chi connectivity index (χ1n) is 23.9. The number of benzene rings is 4. The molecule has 18 heteroatoms. The van der Waals surface area contributed by atoms with E-state index in [2.05, 4.69) is 57.0 Å². The first-order valence-corrected chi connectivity index (χ1v) is 26.8. The Morgan fingerprint density at radius 3 is 1.74 bits per heavy atom. The van der Waals surface area contributed by atoms with Crippen molar-refractivity contribution in [3.63, 3.8) is 0 Å². The number of hydrogen-bond acceptors (Lipinski definition) is 9. The van der Waals surface area contributed by atoms with E-state index in [4.69, 9.17) is 60.6 Å². The molecule has 394 valence electrons. The fourth-order valence-corrected chi connectivity index (χ4v) is 9.05. The molecule has 5 heterocycles. The number of hydrogen-bond donors (Lipinski definition) is 4. The van der Waals surface area contributed by atoms with E-state index in [1.165, 1.54) is 6.07 Å². The Balaban J connectivity index is 0.000000184. The van der Waals surface area contributed by atoms with Gasteiger partial charge in [0.25, 0.3) is 23.3 Å². The van der Waals surface area contributed by atoms with Crippen LogP contribution >= 0.6 is 69.0 Å². The number of aryl methyl sites for hydroxylation is 4. The highest BCUT2D eigenvalue weighted by atomic mass is 127. The topological polar surface area (TPSA) is 172 Å². The minimum atomic E-state index is -0.217. The van der Waals surface area contributed by atoms with Crippen LogP contribution in [-0.2, 0) is 38.7 Å². The zero-order chi connectivity index (χ0) is 54.6. The number of aromatic nitrogens is 2. The summed E-state index contributed by atoms with van der Waals surface area (Å²) < 4.78 is 17.8. The van der Waals surface area contributed by atoms with Gasteiger partial charge in [0.2, 0.25) is 5.88 Å². The number of nitrogens with zero attached hydrogens (tertiary/aromatic N) is 2. The molecule has 4 aromatic carbocycles. The molecule has 9 rings (SSSR count). The largest absolute Gasteiger partial charge is 0.506 e. The lowest BCUT2D eigenvalue weighted by Crippen LogP contribution is -2.28. The van der Waals surface area contributed by atoms with Crippen LogP contribution in [0, 0.1) is 27.7 Å². The second-order valence-corrected chi connectivity index (χ2v) is 22.2. The number of amides is 3. The van der Waals surface area contributed by atoms with E-state index >= 15 is 0 Å². The number of aromatic hydroxyl groups is 1. The van der Waals surface area contributed by atoms with Gasteiger partial charge in [0.15, 0.2) is 0 Å². The van der Waals surface area contributed by atoms with Crippen LogP contribution in [0.3, 0.4) is 0 Å². The number of halogens is 5. The van der Waals surface area contributed by atoms with Crippen LogP contribution in [0.1, 0.15) is 129 Å².